The van der Waals surface area contributed by atoms with E-state index in [2.05, 4.69) is 68.6 Å². The molecule has 1 atom stereocenters. The van der Waals surface area contributed by atoms with Gasteiger partial charge in [-0.15, -0.1) is 0 Å². The molecule has 0 aromatic heterocycles. The standard InChI is InChI=1S/C31H37.C2H7Si.2ClH.Zr/c1-2-3-4-5-7-22-17-27-8-6-9-29(30(27)18-22)26-10-12-28(13-11-26)31-19-23-14-24(20-31)16-25(15-23)21-31;1-3-2;;;/h6,8-13,17-18,23-25H,2-5,7,14-16,19-21H2,1H3;3H,1-2H3;2*1H;/q;;;;+2/p-2. The van der Waals surface area contributed by atoms with Crippen LogP contribution in [0.3, 0.4) is 0 Å². The van der Waals surface area contributed by atoms with Crippen molar-refractivity contribution in [2.75, 3.05) is 0 Å². The van der Waals surface area contributed by atoms with Crippen LogP contribution in [0.1, 0.15) is 97.9 Å². The van der Waals surface area contributed by atoms with Crippen molar-refractivity contribution >= 4 is 29.0 Å². The molecule has 1 unspecified atom stereocenters. The summed E-state index contributed by atoms with van der Waals surface area (Å²) in [4.78, 5) is 0. The molecule has 5 aliphatic rings. The molecular weight excluding hydrogens is 587 g/mol. The van der Waals surface area contributed by atoms with Crippen LogP contribution in [-0.4, -0.2) is 5.92 Å². The van der Waals surface area contributed by atoms with Crippen LogP contribution in [0, 0.1) is 17.8 Å². The number of fused-ring (bicyclic) bond motifs is 1. The Kier molecular flexibility index (Phi) is 7.81. The summed E-state index contributed by atoms with van der Waals surface area (Å²) in [6.07, 6.45) is 17.7. The van der Waals surface area contributed by atoms with Gasteiger partial charge in [-0.2, -0.15) is 0 Å². The molecule has 2 aromatic carbocycles. The maximum atomic E-state index is 7.41. The zero-order valence-electron chi connectivity index (χ0n) is 23.0. The summed E-state index contributed by atoms with van der Waals surface area (Å²) >= 11 is -3.27. The van der Waals surface area contributed by atoms with E-state index in [9.17, 15) is 0 Å². The summed E-state index contributed by atoms with van der Waals surface area (Å²) in [6, 6.07) is 16.8. The summed E-state index contributed by atoms with van der Waals surface area (Å²) in [5, 5.41) is 0. The van der Waals surface area contributed by atoms with Crippen LogP contribution in [0.2, 0.25) is 13.1 Å². The van der Waals surface area contributed by atoms with Gasteiger partial charge in [0.15, 0.2) is 0 Å². The van der Waals surface area contributed by atoms with E-state index in [4.69, 9.17) is 17.0 Å². The molecule has 0 radical (unpaired) electrons. The Morgan fingerprint density at radius 3 is 2.11 bits per heavy atom. The van der Waals surface area contributed by atoms with Gasteiger partial charge in [-0.05, 0) is 0 Å². The monoisotopic (exact) mass is 628 g/mol. The summed E-state index contributed by atoms with van der Waals surface area (Å²) in [5.41, 5.74) is 9.23. The van der Waals surface area contributed by atoms with Crippen molar-refractivity contribution in [3.8, 4) is 11.1 Å². The fourth-order valence-electron chi connectivity index (χ4n) is 8.94. The summed E-state index contributed by atoms with van der Waals surface area (Å²) in [7, 11) is 14.8. The Balaban J connectivity index is 1.32. The van der Waals surface area contributed by atoms with E-state index in [1.165, 1.54) is 86.5 Å². The van der Waals surface area contributed by atoms with E-state index < -0.39 is 23.0 Å². The minimum absolute atomic E-state index is 0.340. The van der Waals surface area contributed by atoms with Crippen molar-refractivity contribution in [1.29, 1.82) is 0 Å². The van der Waals surface area contributed by atoms with Crippen molar-refractivity contribution in [1.82, 2.24) is 0 Å². The molecule has 5 aliphatic carbocycles. The normalized spacial score (nSPS) is 30.2. The number of rotatable bonds is 9. The second kappa shape index (κ2) is 10.7. The molecule has 198 valence electrons. The predicted octanol–water partition coefficient (Wildman–Crippen LogP) is 10.7. The molecule has 0 heterocycles. The van der Waals surface area contributed by atoms with Gasteiger partial charge in [0.25, 0.3) is 0 Å². The second-order valence-electron chi connectivity index (χ2n) is 13.4. The van der Waals surface area contributed by atoms with Gasteiger partial charge < -0.3 is 0 Å². The SMILES string of the molecule is CCCCCCC1=Cc2c(-c3ccc(C45CC6CC(CC(C6)C4)C5)cc3)cccc2[CH]1[Zr]([Cl])([Cl])[SiH](C)C. The Morgan fingerprint density at radius 1 is 0.865 bits per heavy atom. The summed E-state index contributed by atoms with van der Waals surface area (Å²) in [6.45, 7) is 7.06. The molecule has 0 saturated heterocycles. The van der Waals surface area contributed by atoms with Gasteiger partial charge in [-0.1, -0.05) is 0 Å². The van der Waals surface area contributed by atoms with Crippen molar-refractivity contribution in [2.24, 2.45) is 17.8 Å². The third-order valence-electron chi connectivity index (χ3n) is 10.5. The van der Waals surface area contributed by atoms with Crippen LogP contribution in [0.4, 0.5) is 0 Å². The molecule has 37 heavy (non-hydrogen) atoms. The van der Waals surface area contributed by atoms with Crippen LogP contribution < -0.4 is 0 Å². The number of halogens is 2. The Labute approximate surface area is 237 Å². The Bertz CT molecular complexity index is 1130. The number of hydrogen-bond acceptors (Lipinski definition) is 0. The van der Waals surface area contributed by atoms with Crippen molar-refractivity contribution in [3.63, 3.8) is 0 Å². The number of unbranched alkanes of at least 4 members (excludes halogenated alkanes) is 3. The first kappa shape index (κ1) is 27.1. The first-order valence-electron chi connectivity index (χ1n) is 15.1. The van der Waals surface area contributed by atoms with Gasteiger partial charge in [0, 0.05) is 0 Å². The van der Waals surface area contributed by atoms with Gasteiger partial charge in [0.2, 0.25) is 0 Å². The van der Waals surface area contributed by atoms with Crippen molar-refractivity contribution in [3.05, 3.63) is 64.7 Å². The molecule has 2 aromatic rings. The zero-order chi connectivity index (χ0) is 25.8. The topological polar surface area (TPSA) is 0 Å². The number of hydrogen-bond donors (Lipinski definition) is 0. The number of benzene rings is 2. The first-order chi connectivity index (χ1) is 17.8. The van der Waals surface area contributed by atoms with E-state index in [0.717, 1.165) is 24.2 Å². The fourth-order valence-corrected chi connectivity index (χ4v) is 23.3. The molecule has 0 nitrogen and oxygen atoms in total. The van der Waals surface area contributed by atoms with Gasteiger partial charge in [-0.3, -0.25) is 0 Å². The molecule has 4 fully saturated rings. The maximum absolute atomic E-state index is 7.41. The van der Waals surface area contributed by atoms with Crippen LogP contribution in [0.5, 0.6) is 0 Å². The van der Waals surface area contributed by atoms with Gasteiger partial charge >= 0.3 is 239 Å². The average molecular weight is 631 g/mol. The third kappa shape index (κ3) is 4.98. The summed E-state index contributed by atoms with van der Waals surface area (Å²) in [5.74, 6) is 1.86. The van der Waals surface area contributed by atoms with Gasteiger partial charge in [-0.25, -0.2) is 0 Å². The molecule has 7 rings (SSSR count). The molecule has 4 heteroatoms. The number of allylic oxidation sites excluding steroid dienone is 1. The Hall–Kier alpha value is -0.140. The summed E-state index contributed by atoms with van der Waals surface area (Å²) < 4.78 is 0.340. The van der Waals surface area contributed by atoms with Crippen molar-refractivity contribution in [2.45, 2.75) is 99.7 Å². The molecule has 0 amide bonds. The van der Waals surface area contributed by atoms with E-state index >= 15 is 0 Å². The fraction of sp³-hybridized carbons (Fsp3) is 0.576. The van der Waals surface area contributed by atoms with Crippen LogP contribution in [-0.2, 0) is 22.5 Å². The third-order valence-corrected chi connectivity index (χ3v) is 47.0. The zero-order valence-corrected chi connectivity index (χ0v) is 28.2. The second-order valence-corrected chi connectivity index (χ2v) is 47.2. The average Bonchev–Trinajstić information content (AvgIpc) is 3.25. The predicted molar refractivity (Wildman–Crippen MR) is 162 cm³/mol. The molecule has 4 bridgehead atoms. The van der Waals surface area contributed by atoms with E-state index in [0.29, 0.717) is 9.04 Å². The van der Waals surface area contributed by atoms with E-state index in [-0.39, 0.29) is 0 Å². The molecule has 0 spiro atoms. The molecule has 4 saturated carbocycles. The first-order valence-corrected chi connectivity index (χ1v) is 30.0. The van der Waals surface area contributed by atoms with E-state index in [1.54, 1.807) is 11.1 Å². The molecule has 0 aliphatic heterocycles. The Morgan fingerprint density at radius 2 is 1.51 bits per heavy atom. The quantitative estimate of drug-likeness (QED) is 0.191. The van der Waals surface area contributed by atoms with Crippen LogP contribution in [0.25, 0.3) is 17.2 Å². The van der Waals surface area contributed by atoms with Gasteiger partial charge in [0.05, 0.1) is 0 Å². The van der Waals surface area contributed by atoms with Crippen LogP contribution >= 0.6 is 17.0 Å². The molecule has 0 N–H and O–H groups in total. The molecular formula is C33H44Cl2SiZr. The van der Waals surface area contributed by atoms with E-state index in [1.807, 2.05) is 0 Å². The van der Waals surface area contributed by atoms with Crippen LogP contribution in [0.15, 0.2) is 48.0 Å². The van der Waals surface area contributed by atoms with Gasteiger partial charge in [0.1, 0.15) is 0 Å². The van der Waals surface area contributed by atoms with Crippen molar-refractivity contribution < 1.29 is 17.0 Å². The minimum atomic E-state index is -3.27.